The maximum Gasteiger partial charge on any atom is 0.133 e. The highest BCUT2D eigenvalue weighted by atomic mass is 15.3. The van der Waals surface area contributed by atoms with Crippen LogP contribution < -0.4 is 21.0 Å². The average Bonchev–Trinajstić information content (AvgIpc) is 3.14. The van der Waals surface area contributed by atoms with Crippen LogP contribution in [0.5, 0.6) is 0 Å². The topological polar surface area (TPSA) is 60.7 Å². The molecule has 4 heterocycles. The minimum absolute atomic E-state index is 0.458. The summed E-state index contributed by atoms with van der Waals surface area (Å²) in [6.45, 7) is 6.91. The van der Waals surface area contributed by atoms with Crippen molar-refractivity contribution in [2.75, 3.05) is 55.8 Å². The highest BCUT2D eigenvalue weighted by Gasteiger charge is 2.22. The van der Waals surface area contributed by atoms with E-state index in [2.05, 4.69) is 93.7 Å². The summed E-state index contributed by atoms with van der Waals surface area (Å²) < 4.78 is 2.17. The smallest absolute Gasteiger partial charge is 0.133 e. The fraction of sp³-hybridized carbons (Fsp3) is 0.357. The molecule has 0 unspecified atom stereocenters. The lowest BCUT2D eigenvalue weighted by Gasteiger charge is -2.39. The fourth-order valence-corrected chi connectivity index (χ4v) is 4.97. The average molecular weight is 470 g/mol. The number of fused-ring (bicyclic) bond motifs is 1. The lowest BCUT2D eigenvalue weighted by molar-refractivity contribution is 0.274. The van der Waals surface area contributed by atoms with Gasteiger partial charge in [-0.1, -0.05) is 24.3 Å². The minimum atomic E-state index is 0.458. The summed E-state index contributed by atoms with van der Waals surface area (Å²) in [4.78, 5) is 14.6. The summed E-state index contributed by atoms with van der Waals surface area (Å²) in [5.74, 6) is 2.11. The highest BCUT2D eigenvalue weighted by molar-refractivity contribution is 5.77. The molecule has 2 N–H and O–H groups in total. The second kappa shape index (κ2) is 10.4. The van der Waals surface area contributed by atoms with E-state index in [4.69, 9.17) is 9.98 Å². The van der Waals surface area contributed by atoms with Gasteiger partial charge >= 0.3 is 0 Å². The second-order valence-electron chi connectivity index (χ2n) is 9.36. The molecule has 182 valence electrons. The molecular formula is C28H35N7. The van der Waals surface area contributed by atoms with Crippen molar-refractivity contribution < 1.29 is 0 Å². The van der Waals surface area contributed by atoms with Crippen LogP contribution in [0.25, 0.3) is 17.3 Å². The summed E-state index contributed by atoms with van der Waals surface area (Å²) in [5.41, 5.74) is 5.46. The third-order valence-corrected chi connectivity index (χ3v) is 6.88. The van der Waals surface area contributed by atoms with Gasteiger partial charge in [0.15, 0.2) is 0 Å². The number of rotatable bonds is 5. The zero-order valence-electron chi connectivity index (χ0n) is 20.9. The van der Waals surface area contributed by atoms with Crippen LogP contribution in [0, 0.1) is 0 Å². The molecule has 2 aliphatic rings. The van der Waals surface area contributed by atoms with E-state index in [0.717, 1.165) is 66.5 Å². The molecule has 3 aromatic rings. The molecule has 1 saturated heterocycles. The molecule has 7 heteroatoms. The van der Waals surface area contributed by atoms with E-state index in [1.165, 1.54) is 5.56 Å². The van der Waals surface area contributed by atoms with E-state index < -0.39 is 0 Å². The predicted molar refractivity (Wildman–Crippen MR) is 146 cm³/mol. The van der Waals surface area contributed by atoms with Crippen LogP contribution in [-0.2, 0) is 6.54 Å². The number of aromatic nitrogens is 2. The Bertz CT molecular complexity index is 1260. The summed E-state index contributed by atoms with van der Waals surface area (Å²) in [7, 11) is 4.13. The summed E-state index contributed by atoms with van der Waals surface area (Å²) in [6, 6.07) is 17.4. The van der Waals surface area contributed by atoms with E-state index >= 15 is 0 Å². The first kappa shape index (κ1) is 23.2. The molecule has 0 bridgehead atoms. The number of benzene rings is 1. The maximum atomic E-state index is 4.97. The molecule has 2 aliphatic heterocycles. The summed E-state index contributed by atoms with van der Waals surface area (Å²) in [5, 5.41) is 6.89. The lowest BCUT2D eigenvalue weighted by Crippen LogP contribution is -2.50. The Labute approximate surface area is 207 Å². The van der Waals surface area contributed by atoms with Gasteiger partial charge in [-0.2, -0.15) is 0 Å². The minimum Gasteiger partial charge on any atom is -0.388 e. The van der Waals surface area contributed by atoms with Gasteiger partial charge in [-0.15, -0.1) is 0 Å². The van der Waals surface area contributed by atoms with E-state index in [1.54, 1.807) is 0 Å². The third-order valence-electron chi connectivity index (χ3n) is 6.88. The van der Waals surface area contributed by atoms with Crippen molar-refractivity contribution in [1.82, 2.24) is 14.5 Å². The van der Waals surface area contributed by atoms with Crippen molar-refractivity contribution in [2.45, 2.75) is 25.9 Å². The van der Waals surface area contributed by atoms with Gasteiger partial charge in [-0.05, 0) is 56.3 Å². The van der Waals surface area contributed by atoms with Crippen molar-refractivity contribution in [2.24, 2.45) is 4.99 Å². The van der Waals surface area contributed by atoms with Gasteiger partial charge < -0.3 is 20.4 Å². The van der Waals surface area contributed by atoms with Gasteiger partial charge in [0.2, 0.25) is 0 Å². The van der Waals surface area contributed by atoms with Gasteiger partial charge in [-0.3, -0.25) is 9.56 Å². The monoisotopic (exact) mass is 469 g/mol. The molecule has 0 aliphatic carbocycles. The Morgan fingerprint density at radius 2 is 2.00 bits per heavy atom. The normalized spacial score (nSPS) is 18.7. The Balaban J connectivity index is 1.47. The first-order valence-electron chi connectivity index (χ1n) is 12.5. The largest absolute Gasteiger partial charge is 0.388 e. The van der Waals surface area contributed by atoms with Gasteiger partial charge in [0, 0.05) is 68.5 Å². The Morgan fingerprint density at radius 3 is 2.80 bits per heavy atom. The zero-order chi connectivity index (χ0) is 24.2. The van der Waals surface area contributed by atoms with Gasteiger partial charge in [0.1, 0.15) is 17.1 Å². The molecule has 1 aromatic carbocycles. The number of anilines is 3. The zero-order valence-corrected chi connectivity index (χ0v) is 20.9. The number of piperazine rings is 1. The van der Waals surface area contributed by atoms with Crippen molar-refractivity contribution >= 4 is 23.5 Å². The molecular weight excluding hydrogens is 434 g/mol. The molecule has 35 heavy (non-hydrogen) atoms. The number of hydrogen-bond acceptors (Lipinski definition) is 6. The maximum absolute atomic E-state index is 4.97. The number of pyridine rings is 2. The molecule has 7 nitrogen and oxygen atoms in total. The van der Waals surface area contributed by atoms with Gasteiger partial charge in [0.05, 0.1) is 6.54 Å². The van der Waals surface area contributed by atoms with Crippen LogP contribution in [0.15, 0.2) is 65.8 Å². The first-order chi connectivity index (χ1) is 17.1. The molecule has 5 rings (SSSR count). The van der Waals surface area contributed by atoms with Crippen LogP contribution in [0.4, 0.5) is 17.3 Å². The highest BCUT2D eigenvalue weighted by Crippen LogP contribution is 2.29. The Kier molecular flexibility index (Phi) is 6.86. The number of nitrogens with zero attached hydrogens (tertiary/aromatic N) is 5. The van der Waals surface area contributed by atoms with Crippen LogP contribution in [0.3, 0.4) is 0 Å². The van der Waals surface area contributed by atoms with Crippen LogP contribution in [0.1, 0.15) is 18.9 Å². The van der Waals surface area contributed by atoms with Crippen LogP contribution in [0.2, 0.25) is 0 Å². The van der Waals surface area contributed by atoms with E-state index in [0.29, 0.717) is 12.6 Å². The number of nitrogens with one attached hydrogen (secondary N) is 2. The van der Waals surface area contributed by atoms with Gasteiger partial charge in [-0.25, -0.2) is 4.98 Å². The molecule has 1 fully saturated rings. The van der Waals surface area contributed by atoms with Crippen molar-refractivity contribution in [3.63, 3.8) is 0 Å². The molecule has 0 saturated carbocycles. The third kappa shape index (κ3) is 4.95. The molecule has 0 spiro atoms. The SMILES string of the molecule is CNc1ccccc1CN=c1ccc(-c2ccc(N3CCN(C)C[C@H]3C)nc2)c2n1C=CCCN2. The lowest BCUT2D eigenvalue weighted by atomic mass is 10.1. The number of para-hydroxylation sites is 1. The fourth-order valence-electron chi connectivity index (χ4n) is 4.97. The number of likely N-dealkylation sites (N-methyl/N-ethyl adjacent to an activating group) is 1. The summed E-state index contributed by atoms with van der Waals surface area (Å²) >= 11 is 0. The van der Waals surface area contributed by atoms with Gasteiger partial charge in [0.25, 0.3) is 0 Å². The molecule has 1 atom stereocenters. The number of hydrogen-bond donors (Lipinski definition) is 2. The standard InChI is InChI=1S/C28H35N7/c1-21-20-33(3)16-17-34(21)26-12-10-22(18-31-26)24-11-13-27(35-15-7-6-14-30-28(24)35)32-19-23-8-4-5-9-25(23)29-2/h4-5,7-13,15,18,21,29-30H,6,14,16-17,19-20H2,1-3H3/t21-/m1/s1. The summed E-state index contributed by atoms with van der Waals surface area (Å²) in [6.07, 6.45) is 7.31. The predicted octanol–water partition coefficient (Wildman–Crippen LogP) is 4.12. The van der Waals surface area contributed by atoms with Crippen molar-refractivity contribution in [3.8, 4) is 11.1 Å². The molecule has 2 aromatic heterocycles. The molecule has 0 amide bonds. The first-order valence-corrected chi connectivity index (χ1v) is 12.5. The van der Waals surface area contributed by atoms with Crippen LogP contribution in [-0.4, -0.2) is 60.8 Å². The van der Waals surface area contributed by atoms with E-state index in [-0.39, 0.29) is 0 Å². The second-order valence-corrected chi connectivity index (χ2v) is 9.36. The van der Waals surface area contributed by atoms with Crippen molar-refractivity contribution in [1.29, 1.82) is 0 Å². The Morgan fingerprint density at radius 1 is 1.11 bits per heavy atom. The van der Waals surface area contributed by atoms with Crippen molar-refractivity contribution in [3.05, 3.63) is 71.9 Å². The van der Waals surface area contributed by atoms with E-state index in [1.807, 2.05) is 19.3 Å². The van der Waals surface area contributed by atoms with Crippen LogP contribution >= 0.6 is 0 Å². The quantitative estimate of drug-likeness (QED) is 0.589. The Hall–Kier alpha value is -3.58. The van der Waals surface area contributed by atoms with E-state index in [9.17, 15) is 0 Å². The molecule has 0 radical (unpaired) electrons.